The Morgan fingerprint density at radius 1 is 1.03 bits per heavy atom. The average Bonchev–Trinajstić information content (AvgIpc) is 2.83. The van der Waals surface area contributed by atoms with Gasteiger partial charge in [-0.3, -0.25) is 9.78 Å². The van der Waals surface area contributed by atoms with E-state index in [0.29, 0.717) is 11.3 Å². The summed E-state index contributed by atoms with van der Waals surface area (Å²) in [5, 5.41) is 3.96. The number of anilines is 1. The molecule has 3 aromatic heterocycles. The third-order valence-electron chi connectivity index (χ3n) is 5.55. The zero-order chi connectivity index (χ0) is 23.4. The first-order valence-corrected chi connectivity index (χ1v) is 10.9. The number of aromatic nitrogens is 3. The number of aryl methyl sites for hydroxylation is 2. The number of hydrogen-bond donors (Lipinski definition) is 1. The zero-order valence-corrected chi connectivity index (χ0v) is 19.0. The molecule has 7 heteroatoms. The van der Waals surface area contributed by atoms with Crippen LogP contribution in [-0.2, 0) is 19.5 Å². The van der Waals surface area contributed by atoms with Gasteiger partial charge in [-0.05, 0) is 66.9 Å². The molecule has 0 unspecified atom stereocenters. The monoisotopic (exact) mass is 443 g/mol. The first kappa shape index (κ1) is 22.3. The van der Waals surface area contributed by atoms with Crippen molar-refractivity contribution in [2.45, 2.75) is 33.4 Å². The molecular formula is C26H26FN5O. The second-order valence-corrected chi connectivity index (χ2v) is 7.94. The Kier molecular flexibility index (Phi) is 6.58. The van der Waals surface area contributed by atoms with Crippen molar-refractivity contribution >= 4 is 22.6 Å². The molecule has 1 N–H and O–H groups in total. The molecule has 0 aliphatic carbocycles. The minimum atomic E-state index is -0.571. The van der Waals surface area contributed by atoms with Crippen molar-refractivity contribution in [2.24, 2.45) is 0 Å². The molecule has 0 aliphatic heterocycles. The molecule has 0 radical (unpaired) electrons. The van der Waals surface area contributed by atoms with Crippen LogP contribution in [0, 0.1) is 12.9 Å². The number of halogens is 1. The van der Waals surface area contributed by atoms with Gasteiger partial charge in [-0.25, -0.2) is 9.97 Å². The van der Waals surface area contributed by atoms with E-state index in [1.165, 1.54) is 6.07 Å². The van der Waals surface area contributed by atoms with E-state index in [-0.39, 0.29) is 19.0 Å². The van der Waals surface area contributed by atoms with E-state index >= 15 is 0 Å². The Hall–Kier alpha value is -3.87. The van der Waals surface area contributed by atoms with Crippen molar-refractivity contribution in [3.63, 3.8) is 0 Å². The number of pyridine rings is 3. The Bertz CT molecular complexity index is 1290. The van der Waals surface area contributed by atoms with Crippen LogP contribution < -0.4 is 5.32 Å². The molecule has 33 heavy (non-hydrogen) atoms. The third kappa shape index (κ3) is 5.14. The van der Waals surface area contributed by atoms with Crippen LogP contribution >= 0.6 is 0 Å². The van der Waals surface area contributed by atoms with Crippen molar-refractivity contribution in [2.75, 3.05) is 12.4 Å². The summed E-state index contributed by atoms with van der Waals surface area (Å²) >= 11 is 0. The summed E-state index contributed by atoms with van der Waals surface area (Å²) < 4.78 is 13.7. The first-order chi connectivity index (χ1) is 16.0. The Morgan fingerprint density at radius 2 is 1.85 bits per heavy atom. The van der Waals surface area contributed by atoms with Crippen molar-refractivity contribution < 1.29 is 9.18 Å². The smallest absolute Gasteiger partial charge is 0.254 e. The summed E-state index contributed by atoms with van der Waals surface area (Å²) in [5.74, 6) is 0.0552. The Labute approximate surface area is 192 Å². The van der Waals surface area contributed by atoms with Gasteiger partial charge < -0.3 is 10.2 Å². The lowest BCUT2D eigenvalue weighted by Crippen LogP contribution is -2.31. The molecule has 0 fully saturated rings. The fraction of sp³-hybridized carbons (Fsp3) is 0.231. The van der Waals surface area contributed by atoms with E-state index in [2.05, 4.69) is 27.2 Å². The van der Waals surface area contributed by atoms with Crippen LogP contribution in [0.2, 0.25) is 0 Å². The van der Waals surface area contributed by atoms with E-state index in [9.17, 15) is 9.18 Å². The second-order valence-electron chi connectivity index (χ2n) is 7.94. The van der Waals surface area contributed by atoms with Gasteiger partial charge in [0, 0.05) is 24.2 Å². The summed E-state index contributed by atoms with van der Waals surface area (Å²) in [6, 6.07) is 16.0. The number of amides is 1. The van der Waals surface area contributed by atoms with E-state index in [0.717, 1.165) is 40.0 Å². The lowest BCUT2D eigenvalue weighted by molar-refractivity contribution is 0.0725. The van der Waals surface area contributed by atoms with Gasteiger partial charge in [0.15, 0.2) is 0 Å². The maximum absolute atomic E-state index is 13.7. The quantitative estimate of drug-likeness (QED) is 0.411. The molecular weight excluding hydrogens is 417 g/mol. The SMILES string of the molecule is CCc1ccc(CN(Cc2cccc(F)n2)C(=O)c2ccc3nc(NC)c(C)cc3c2)nc1. The Morgan fingerprint density at radius 3 is 2.55 bits per heavy atom. The highest BCUT2D eigenvalue weighted by Gasteiger charge is 2.19. The molecule has 4 aromatic rings. The van der Waals surface area contributed by atoms with Gasteiger partial charge in [0.25, 0.3) is 5.91 Å². The van der Waals surface area contributed by atoms with Gasteiger partial charge in [0.1, 0.15) is 5.82 Å². The largest absolute Gasteiger partial charge is 0.373 e. The van der Waals surface area contributed by atoms with E-state index < -0.39 is 5.95 Å². The normalized spacial score (nSPS) is 10.9. The molecule has 4 rings (SSSR count). The molecule has 1 aromatic carbocycles. The second kappa shape index (κ2) is 9.73. The highest BCUT2D eigenvalue weighted by Crippen LogP contribution is 2.22. The maximum atomic E-state index is 13.7. The van der Waals surface area contributed by atoms with Crippen molar-refractivity contribution in [1.29, 1.82) is 0 Å². The van der Waals surface area contributed by atoms with Gasteiger partial charge in [0.2, 0.25) is 5.95 Å². The maximum Gasteiger partial charge on any atom is 0.254 e. The number of benzene rings is 1. The van der Waals surface area contributed by atoms with Gasteiger partial charge in [0.05, 0.1) is 30.0 Å². The van der Waals surface area contributed by atoms with Crippen LogP contribution in [0.4, 0.5) is 10.2 Å². The predicted octanol–water partition coefficient (Wildman–Crippen LogP) is 4.92. The van der Waals surface area contributed by atoms with Gasteiger partial charge in [-0.1, -0.05) is 19.1 Å². The van der Waals surface area contributed by atoms with Crippen LogP contribution in [0.1, 0.15) is 39.8 Å². The van der Waals surface area contributed by atoms with Crippen molar-refractivity contribution in [3.8, 4) is 0 Å². The number of nitrogens with zero attached hydrogens (tertiary/aromatic N) is 4. The molecule has 168 valence electrons. The summed E-state index contributed by atoms with van der Waals surface area (Å²) in [6.45, 7) is 4.50. The molecule has 0 saturated heterocycles. The molecule has 1 amide bonds. The molecule has 0 spiro atoms. The van der Waals surface area contributed by atoms with Gasteiger partial charge in [-0.2, -0.15) is 4.39 Å². The lowest BCUT2D eigenvalue weighted by Gasteiger charge is -2.22. The first-order valence-electron chi connectivity index (χ1n) is 10.9. The fourth-order valence-corrected chi connectivity index (χ4v) is 3.74. The van der Waals surface area contributed by atoms with Crippen molar-refractivity contribution in [3.05, 3.63) is 94.8 Å². The zero-order valence-electron chi connectivity index (χ0n) is 19.0. The summed E-state index contributed by atoms with van der Waals surface area (Å²) in [4.78, 5) is 28.2. The number of nitrogens with one attached hydrogen (secondary N) is 1. The number of carbonyl (C=O) groups is 1. The minimum absolute atomic E-state index is 0.168. The molecule has 0 aliphatic rings. The van der Waals surface area contributed by atoms with E-state index in [4.69, 9.17) is 0 Å². The molecule has 6 nitrogen and oxygen atoms in total. The van der Waals surface area contributed by atoms with E-state index in [1.54, 1.807) is 23.1 Å². The topological polar surface area (TPSA) is 71.0 Å². The summed E-state index contributed by atoms with van der Waals surface area (Å²) in [7, 11) is 1.83. The highest BCUT2D eigenvalue weighted by atomic mass is 19.1. The average molecular weight is 444 g/mol. The molecule has 3 heterocycles. The molecule has 0 atom stereocenters. The lowest BCUT2D eigenvalue weighted by atomic mass is 10.1. The van der Waals surface area contributed by atoms with Crippen LogP contribution in [0.3, 0.4) is 0 Å². The van der Waals surface area contributed by atoms with Crippen LogP contribution in [0.15, 0.2) is 60.8 Å². The standard InChI is InChI=1S/C26H26FN5O/c1-4-18-8-10-21(29-14-18)15-32(16-22-6-5-7-24(27)30-22)26(33)19-9-11-23-20(13-19)12-17(2)25(28-3)31-23/h5-14H,4,15-16H2,1-3H3,(H,28,31). The number of rotatable bonds is 7. The summed E-state index contributed by atoms with van der Waals surface area (Å²) in [5.41, 5.74) is 4.69. The summed E-state index contributed by atoms with van der Waals surface area (Å²) in [6.07, 6.45) is 2.71. The number of carbonyl (C=O) groups excluding carboxylic acids is 1. The van der Waals surface area contributed by atoms with E-state index in [1.807, 2.05) is 50.5 Å². The highest BCUT2D eigenvalue weighted by molar-refractivity contribution is 5.98. The number of fused-ring (bicyclic) bond motifs is 1. The minimum Gasteiger partial charge on any atom is -0.373 e. The van der Waals surface area contributed by atoms with Crippen LogP contribution in [0.5, 0.6) is 0 Å². The predicted molar refractivity (Wildman–Crippen MR) is 127 cm³/mol. The van der Waals surface area contributed by atoms with Crippen molar-refractivity contribution in [1.82, 2.24) is 19.9 Å². The van der Waals surface area contributed by atoms with Gasteiger partial charge >= 0.3 is 0 Å². The molecule has 0 bridgehead atoms. The van der Waals surface area contributed by atoms with Crippen LogP contribution in [0.25, 0.3) is 10.9 Å². The van der Waals surface area contributed by atoms with Crippen LogP contribution in [-0.4, -0.2) is 32.8 Å². The number of hydrogen-bond acceptors (Lipinski definition) is 5. The Balaban J connectivity index is 1.67. The molecule has 0 saturated carbocycles. The fourth-order valence-electron chi connectivity index (χ4n) is 3.74. The third-order valence-corrected chi connectivity index (χ3v) is 5.55. The van der Waals surface area contributed by atoms with Gasteiger partial charge in [-0.15, -0.1) is 0 Å².